The Hall–Kier alpha value is -4.24. The fraction of sp³-hybridized carbons (Fsp3) is 0.143. The van der Waals surface area contributed by atoms with Gasteiger partial charge in [-0.25, -0.2) is 4.90 Å². The Morgan fingerprint density at radius 1 is 0.919 bits per heavy atom. The summed E-state index contributed by atoms with van der Waals surface area (Å²) in [5, 5.41) is 16.3. The molecule has 0 atom stereocenters. The number of imide groups is 1. The molecule has 0 bridgehead atoms. The normalized spacial score (nSPS) is 12.7. The molecular weight excluding hydrogens is 536 g/mol. The molecule has 0 aliphatic carbocycles. The number of nitro groups is 1. The molecule has 186 valence electrons. The number of nitro benzene ring substituents is 1. The van der Waals surface area contributed by atoms with E-state index in [1.54, 1.807) is 30.3 Å². The highest BCUT2D eigenvalue weighted by molar-refractivity contribution is 9.10. The molecule has 1 N–H and O–H groups in total. The molecule has 0 fully saturated rings. The average Bonchev–Trinajstić information content (AvgIpc) is 2.88. The van der Waals surface area contributed by atoms with Crippen LogP contribution in [0, 0.1) is 24.0 Å². The van der Waals surface area contributed by atoms with Crippen molar-refractivity contribution < 1.29 is 14.5 Å². The Labute approximate surface area is 221 Å². The Balaban J connectivity index is 1.71. The lowest BCUT2D eigenvalue weighted by molar-refractivity contribution is -0.383. The van der Waals surface area contributed by atoms with Crippen molar-refractivity contribution in [2.75, 3.05) is 29.2 Å². The Morgan fingerprint density at radius 3 is 2.24 bits per heavy atom. The van der Waals surface area contributed by atoms with Crippen molar-refractivity contribution in [3.05, 3.63) is 97.5 Å². The van der Waals surface area contributed by atoms with Crippen molar-refractivity contribution in [3.8, 4) is 0 Å². The number of hydrogen-bond donors (Lipinski definition) is 1. The largest absolute Gasteiger partial charge is 0.378 e. The van der Waals surface area contributed by atoms with Gasteiger partial charge in [0.05, 0.1) is 16.2 Å². The first kappa shape index (κ1) is 24.5. The van der Waals surface area contributed by atoms with Crippen LogP contribution < -0.4 is 15.1 Å². The maximum absolute atomic E-state index is 13.7. The molecule has 0 aromatic heterocycles. The summed E-state index contributed by atoms with van der Waals surface area (Å²) in [4.78, 5) is 42.0. The summed E-state index contributed by atoms with van der Waals surface area (Å²) in [7, 11) is 3.79. The van der Waals surface area contributed by atoms with E-state index in [4.69, 9.17) is 0 Å². The van der Waals surface area contributed by atoms with Crippen LogP contribution in [0.3, 0.4) is 0 Å². The summed E-state index contributed by atoms with van der Waals surface area (Å²) >= 11 is 3.51. The van der Waals surface area contributed by atoms with Crippen molar-refractivity contribution in [3.63, 3.8) is 0 Å². The molecule has 9 heteroatoms. The molecule has 0 spiro atoms. The number of amides is 2. The molecule has 0 radical (unpaired) electrons. The number of hydrogen-bond acceptors (Lipinski definition) is 6. The van der Waals surface area contributed by atoms with Crippen molar-refractivity contribution >= 4 is 67.0 Å². The van der Waals surface area contributed by atoms with Crippen LogP contribution in [-0.4, -0.2) is 30.8 Å². The second-order valence-electron chi connectivity index (χ2n) is 9.13. The quantitative estimate of drug-likeness (QED) is 0.165. The summed E-state index contributed by atoms with van der Waals surface area (Å²) in [5.41, 5.74) is 4.33. The zero-order valence-electron chi connectivity index (χ0n) is 20.6. The Morgan fingerprint density at radius 2 is 1.59 bits per heavy atom. The topological polar surface area (TPSA) is 95.8 Å². The third kappa shape index (κ3) is 3.92. The number of rotatable bonds is 5. The van der Waals surface area contributed by atoms with E-state index in [1.165, 1.54) is 6.07 Å². The minimum atomic E-state index is -0.600. The van der Waals surface area contributed by atoms with Crippen LogP contribution in [0.2, 0.25) is 0 Å². The molecule has 0 saturated carbocycles. The highest BCUT2D eigenvalue weighted by Crippen LogP contribution is 2.43. The van der Waals surface area contributed by atoms with Crippen molar-refractivity contribution in [1.29, 1.82) is 0 Å². The number of halogens is 1. The predicted molar refractivity (Wildman–Crippen MR) is 149 cm³/mol. The molecule has 1 aliphatic heterocycles. The number of carbonyl (C=O) groups excluding carboxylic acids is 2. The van der Waals surface area contributed by atoms with Gasteiger partial charge < -0.3 is 10.2 Å². The third-order valence-electron chi connectivity index (χ3n) is 6.81. The minimum absolute atomic E-state index is 0.114. The van der Waals surface area contributed by atoms with Crippen molar-refractivity contribution in [2.24, 2.45) is 0 Å². The van der Waals surface area contributed by atoms with Gasteiger partial charge in [-0.1, -0.05) is 28.1 Å². The smallest absolute Gasteiger partial charge is 0.294 e. The van der Waals surface area contributed by atoms with Gasteiger partial charge in [0, 0.05) is 52.3 Å². The van der Waals surface area contributed by atoms with E-state index in [9.17, 15) is 19.7 Å². The van der Waals surface area contributed by atoms with Crippen LogP contribution in [0.5, 0.6) is 0 Å². The van der Waals surface area contributed by atoms with E-state index >= 15 is 0 Å². The monoisotopic (exact) mass is 558 g/mol. The van der Waals surface area contributed by atoms with Gasteiger partial charge in [0.1, 0.15) is 5.69 Å². The SMILES string of the molecule is Cc1c(Br)ccc(Nc2c([N+](=O)[O-])cc3c4c(cccc24)C(=O)N(c2ccc(N(C)C)cc2)C3=O)c1C. The van der Waals surface area contributed by atoms with Crippen LogP contribution in [-0.2, 0) is 0 Å². The van der Waals surface area contributed by atoms with Crippen LogP contribution in [0.1, 0.15) is 31.8 Å². The maximum Gasteiger partial charge on any atom is 0.294 e. The van der Waals surface area contributed by atoms with Gasteiger partial charge in [0.15, 0.2) is 0 Å². The fourth-order valence-corrected chi connectivity index (χ4v) is 5.05. The summed E-state index contributed by atoms with van der Waals surface area (Å²) in [6, 6.07) is 17.0. The van der Waals surface area contributed by atoms with Gasteiger partial charge in [-0.05, 0) is 67.4 Å². The lowest BCUT2D eigenvalue weighted by Crippen LogP contribution is -2.40. The number of benzene rings is 4. The van der Waals surface area contributed by atoms with Gasteiger partial charge in [-0.3, -0.25) is 19.7 Å². The molecule has 1 aliphatic rings. The second-order valence-corrected chi connectivity index (χ2v) is 9.98. The molecule has 8 nitrogen and oxygen atoms in total. The van der Waals surface area contributed by atoms with E-state index in [2.05, 4.69) is 21.2 Å². The number of nitrogens with zero attached hydrogens (tertiary/aromatic N) is 3. The molecule has 4 aromatic rings. The lowest BCUT2D eigenvalue weighted by atomic mass is 9.91. The molecule has 4 aromatic carbocycles. The van der Waals surface area contributed by atoms with Gasteiger partial charge >= 0.3 is 0 Å². The van der Waals surface area contributed by atoms with Gasteiger partial charge in [0.25, 0.3) is 17.5 Å². The Bertz CT molecular complexity index is 1630. The molecule has 0 saturated heterocycles. The van der Waals surface area contributed by atoms with E-state index in [1.807, 2.05) is 57.1 Å². The van der Waals surface area contributed by atoms with E-state index in [0.29, 0.717) is 27.7 Å². The molecular formula is C28H23BrN4O4. The fourth-order valence-electron chi connectivity index (χ4n) is 4.62. The first-order chi connectivity index (χ1) is 17.6. The van der Waals surface area contributed by atoms with E-state index in [-0.39, 0.29) is 16.9 Å². The van der Waals surface area contributed by atoms with Gasteiger partial charge in [0.2, 0.25) is 0 Å². The number of carbonyl (C=O) groups is 2. The molecule has 1 heterocycles. The van der Waals surface area contributed by atoms with E-state index < -0.39 is 16.7 Å². The summed E-state index contributed by atoms with van der Waals surface area (Å²) < 4.78 is 0.928. The van der Waals surface area contributed by atoms with Crippen molar-refractivity contribution in [2.45, 2.75) is 13.8 Å². The average molecular weight is 559 g/mol. The zero-order chi connectivity index (χ0) is 26.6. The molecule has 0 unspecified atom stereocenters. The standard InChI is InChI=1S/C28H23BrN4O4/c1-15-16(2)23(13-12-22(15)29)30-26-19-6-5-7-20-25(19)21(14-24(26)33(36)37)28(35)32(27(20)34)18-10-8-17(9-11-18)31(3)4/h5-14,30H,1-4H3. The van der Waals surface area contributed by atoms with Crippen LogP contribution in [0.4, 0.5) is 28.4 Å². The van der Waals surface area contributed by atoms with E-state index in [0.717, 1.165) is 26.2 Å². The highest BCUT2D eigenvalue weighted by atomic mass is 79.9. The molecule has 2 amide bonds. The number of anilines is 4. The Kier molecular flexibility index (Phi) is 5.95. The minimum Gasteiger partial charge on any atom is -0.378 e. The summed E-state index contributed by atoms with van der Waals surface area (Å²) in [6.07, 6.45) is 0. The van der Waals surface area contributed by atoms with Crippen LogP contribution in [0.15, 0.2) is 65.1 Å². The molecule has 37 heavy (non-hydrogen) atoms. The second kappa shape index (κ2) is 9.01. The van der Waals surface area contributed by atoms with Crippen LogP contribution in [0.25, 0.3) is 10.8 Å². The zero-order valence-corrected chi connectivity index (χ0v) is 22.2. The highest BCUT2D eigenvalue weighted by Gasteiger charge is 2.37. The molecule has 5 rings (SSSR count). The van der Waals surface area contributed by atoms with Crippen LogP contribution >= 0.6 is 15.9 Å². The first-order valence-corrected chi connectivity index (χ1v) is 12.3. The lowest BCUT2D eigenvalue weighted by Gasteiger charge is -2.28. The van der Waals surface area contributed by atoms with Crippen molar-refractivity contribution in [1.82, 2.24) is 0 Å². The summed E-state index contributed by atoms with van der Waals surface area (Å²) in [6.45, 7) is 3.87. The third-order valence-corrected chi connectivity index (χ3v) is 7.67. The first-order valence-electron chi connectivity index (χ1n) is 11.5. The van der Waals surface area contributed by atoms with Gasteiger partial charge in [-0.2, -0.15) is 0 Å². The summed E-state index contributed by atoms with van der Waals surface area (Å²) in [5.74, 6) is -1.08. The number of nitrogens with one attached hydrogen (secondary N) is 1. The maximum atomic E-state index is 13.7. The van der Waals surface area contributed by atoms with Gasteiger partial charge in [-0.15, -0.1) is 0 Å². The predicted octanol–water partition coefficient (Wildman–Crippen LogP) is 6.74.